The number of hydrogen-bond acceptors (Lipinski definition) is 1. The molecule has 1 fully saturated rings. The summed E-state index contributed by atoms with van der Waals surface area (Å²) < 4.78 is 0. The molecule has 1 saturated heterocycles. The van der Waals surface area contributed by atoms with E-state index in [9.17, 15) is 4.79 Å². The highest BCUT2D eigenvalue weighted by molar-refractivity contribution is 5.77. The zero-order chi connectivity index (χ0) is 9.19. The number of amides is 2. The Labute approximate surface area is 74.1 Å². The van der Waals surface area contributed by atoms with Crippen LogP contribution in [-0.2, 0) is 0 Å². The highest BCUT2D eigenvalue weighted by Gasteiger charge is 2.34. The molecule has 0 saturated carbocycles. The third kappa shape index (κ3) is 1.40. The Morgan fingerprint density at radius 1 is 1.50 bits per heavy atom. The summed E-state index contributed by atoms with van der Waals surface area (Å²) in [6, 6.07) is 0.0983. The molecule has 0 aromatic rings. The average molecular weight is 170 g/mol. The lowest BCUT2D eigenvalue weighted by atomic mass is 9.94. The van der Waals surface area contributed by atoms with Crippen LogP contribution in [0.3, 0.4) is 0 Å². The second-order valence-electron chi connectivity index (χ2n) is 3.59. The van der Waals surface area contributed by atoms with Crippen LogP contribution in [0.1, 0.15) is 33.6 Å². The van der Waals surface area contributed by atoms with Crippen molar-refractivity contribution in [3.63, 3.8) is 0 Å². The van der Waals surface area contributed by atoms with Crippen molar-refractivity contribution in [2.24, 2.45) is 0 Å². The second kappa shape index (κ2) is 3.33. The second-order valence-corrected chi connectivity index (χ2v) is 3.59. The van der Waals surface area contributed by atoms with Gasteiger partial charge in [0.2, 0.25) is 0 Å². The lowest BCUT2D eigenvalue weighted by Crippen LogP contribution is -2.47. The zero-order valence-corrected chi connectivity index (χ0v) is 8.18. The van der Waals surface area contributed by atoms with Gasteiger partial charge in [0.15, 0.2) is 0 Å². The van der Waals surface area contributed by atoms with Gasteiger partial charge in [-0.2, -0.15) is 0 Å². The maximum Gasteiger partial charge on any atom is 0.317 e. The molecule has 2 amide bonds. The Morgan fingerprint density at radius 3 is 2.42 bits per heavy atom. The van der Waals surface area contributed by atoms with Crippen LogP contribution in [0.25, 0.3) is 0 Å². The van der Waals surface area contributed by atoms with Crippen LogP contribution in [0.15, 0.2) is 0 Å². The van der Waals surface area contributed by atoms with Gasteiger partial charge in [-0.3, -0.25) is 0 Å². The Hall–Kier alpha value is -0.730. The molecule has 1 rings (SSSR count). The summed E-state index contributed by atoms with van der Waals surface area (Å²) in [5.41, 5.74) is 0.0561. The third-order valence-corrected chi connectivity index (χ3v) is 3.03. The van der Waals surface area contributed by atoms with E-state index in [1.165, 1.54) is 0 Å². The largest absolute Gasteiger partial charge is 0.336 e. The molecule has 3 heteroatoms. The molecule has 1 aliphatic rings. The molecule has 0 aromatic carbocycles. The van der Waals surface area contributed by atoms with Crippen LogP contribution < -0.4 is 5.32 Å². The summed E-state index contributed by atoms with van der Waals surface area (Å²) in [5.74, 6) is 0. The highest BCUT2D eigenvalue weighted by Crippen LogP contribution is 2.24. The summed E-state index contributed by atoms with van der Waals surface area (Å²) in [4.78, 5) is 13.3. The molecule has 0 spiro atoms. The average Bonchev–Trinajstić information content (AvgIpc) is 2.51. The van der Waals surface area contributed by atoms with Crippen LogP contribution >= 0.6 is 0 Å². The maximum absolute atomic E-state index is 11.4. The van der Waals surface area contributed by atoms with Crippen LogP contribution in [0, 0.1) is 0 Å². The molecular weight excluding hydrogens is 152 g/mol. The Balaban J connectivity index is 2.71. The van der Waals surface area contributed by atoms with E-state index in [0.717, 1.165) is 25.9 Å². The lowest BCUT2D eigenvalue weighted by Gasteiger charge is -2.36. The van der Waals surface area contributed by atoms with E-state index >= 15 is 0 Å². The zero-order valence-electron chi connectivity index (χ0n) is 8.18. The molecule has 3 nitrogen and oxygen atoms in total. The summed E-state index contributed by atoms with van der Waals surface area (Å²) in [6.45, 7) is 8.08. The molecular formula is C9H18N2O. The number of carbonyl (C=O) groups is 1. The van der Waals surface area contributed by atoms with E-state index in [4.69, 9.17) is 0 Å². The number of urea groups is 1. The fourth-order valence-electron chi connectivity index (χ4n) is 1.62. The molecule has 12 heavy (non-hydrogen) atoms. The predicted molar refractivity (Wildman–Crippen MR) is 49.1 cm³/mol. The van der Waals surface area contributed by atoms with E-state index in [1.807, 2.05) is 4.90 Å². The molecule has 0 bridgehead atoms. The molecule has 0 aliphatic carbocycles. The van der Waals surface area contributed by atoms with Crippen LogP contribution in [0.5, 0.6) is 0 Å². The Kier molecular flexibility index (Phi) is 2.60. The first-order chi connectivity index (χ1) is 5.64. The fourth-order valence-corrected chi connectivity index (χ4v) is 1.62. The quantitative estimate of drug-likeness (QED) is 0.685. The van der Waals surface area contributed by atoms with Crippen LogP contribution in [-0.4, -0.2) is 29.6 Å². The van der Waals surface area contributed by atoms with E-state index < -0.39 is 0 Å². The molecule has 1 N–H and O–H groups in total. The minimum atomic E-state index is 0.0561. The summed E-state index contributed by atoms with van der Waals surface area (Å²) in [7, 11) is 0. The van der Waals surface area contributed by atoms with Crippen molar-refractivity contribution in [3.8, 4) is 0 Å². The van der Waals surface area contributed by atoms with Crippen molar-refractivity contribution >= 4 is 6.03 Å². The monoisotopic (exact) mass is 170 g/mol. The first kappa shape index (κ1) is 9.36. The van der Waals surface area contributed by atoms with Crippen molar-refractivity contribution in [1.82, 2.24) is 10.2 Å². The number of nitrogens with one attached hydrogen (secondary N) is 1. The Bertz CT molecular complexity index is 175. The smallest absolute Gasteiger partial charge is 0.317 e. The Morgan fingerprint density at radius 2 is 2.08 bits per heavy atom. The van der Waals surface area contributed by atoms with E-state index in [1.54, 1.807) is 0 Å². The highest BCUT2D eigenvalue weighted by atomic mass is 16.2. The van der Waals surface area contributed by atoms with Gasteiger partial charge < -0.3 is 10.2 Å². The SMILES string of the molecule is CCC(C)(CC)N1CCNC1=O. The molecule has 70 valence electrons. The van der Waals surface area contributed by atoms with Crippen molar-refractivity contribution in [3.05, 3.63) is 0 Å². The van der Waals surface area contributed by atoms with Crippen molar-refractivity contribution < 1.29 is 4.79 Å². The molecule has 0 aromatic heterocycles. The summed E-state index contributed by atoms with van der Waals surface area (Å²) in [5, 5.41) is 2.83. The number of hydrogen-bond donors (Lipinski definition) is 1. The van der Waals surface area contributed by atoms with Gasteiger partial charge in [0, 0.05) is 18.6 Å². The van der Waals surface area contributed by atoms with Gasteiger partial charge in [-0.05, 0) is 19.8 Å². The minimum absolute atomic E-state index is 0.0561. The molecule has 0 atom stereocenters. The van der Waals surface area contributed by atoms with Crippen molar-refractivity contribution in [1.29, 1.82) is 0 Å². The minimum Gasteiger partial charge on any atom is -0.336 e. The predicted octanol–water partition coefficient (Wildman–Crippen LogP) is 1.59. The van der Waals surface area contributed by atoms with E-state index in [0.29, 0.717) is 0 Å². The van der Waals surface area contributed by atoms with Gasteiger partial charge in [0.1, 0.15) is 0 Å². The lowest BCUT2D eigenvalue weighted by molar-refractivity contribution is 0.140. The number of rotatable bonds is 3. The summed E-state index contributed by atoms with van der Waals surface area (Å²) >= 11 is 0. The topological polar surface area (TPSA) is 32.3 Å². The van der Waals surface area contributed by atoms with Gasteiger partial charge >= 0.3 is 6.03 Å². The first-order valence-corrected chi connectivity index (χ1v) is 4.69. The number of nitrogens with zero attached hydrogens (tertiary/aromatic N) is 1. The normalized spacial score (nSPS) is 18.2. The van der Waals surface area contributed by atoms with Crippen molar-refractivity contribution in [2.45, 2.75) is 39.2 Å². The van der Waals surface area contributed by atoms with Crippen LogP contribution in [0.2, 0.25) is 0 Å². The third-order valence-electron chi connectivity index (χ3n) is 3.03. The summed E-state index contributed by atoms with van der Waals surface area (Å²) in [6.07, 6.45) is 2.05. The van der Waals surface area contributed by atoms with Gasteiger partial charge in [-0.1, -0.05) is 13.8 Å². The number of carbonyl (C=O) groups excluding carboxylic acids is 1. The van der Waals surface area contributed by atoms with Crippen LogP contribution in [0.4, 0.5) is 4.79 Å². The fraction of sp³-hybridized carbons (Fsp3) is 0.889. The first-order valence-electron chi connectivity index (χ1n) is 4.69. The van der Waals surface area contributed by atoms with Gasteiger partial charge in [0.05, 0.1) is 0 Å². The standard InChI is InChI=1S/C9H18N2O/c1-4-9(3,5-2)11-7-6-10-8(11)12/h4-7H2,1-3H3,(H,10,12). The molecule has 1 heterocycles. The van der Waals surface area contributed by atoms with E-state index in [2.05, 4.69) is 26.1 Å². The van der Waals surface area contributed by atoms with Gasteiger partial charge in [-0.15, -0.1) is 0 Å². The molecule has 0 radical (unpaired) electrons. The van der Waals surface area contributed by atoms with Gasteiger partial charge in [0.25, 0.3) is 0 Å². The van der Waals surface area contributed by atoms with Crippen molar-refractivity contribution in [2.75, 3.05) is 13.1 Å². The maximum atomic E-state index is 11.4. The molecule has 1 aliphatic heterocycles. The van der Waals surface area contributed by atoms with E-state index in [-0.39, 0.29) is 11.6 Å². The van der Waals surface area contributed by atoms with Gasteiger partial charge in [-0.25, -0.2) is 4.79 Å². The molecule has 0 unspecified atom stereocenters.